The summed E-state index contributed by atoms with van der Waals surface area (Å²) in [7, 11) is 1.36. The fourth-order valence-electron chi connectivity index (χ4n) is 2.03. The lowest BCUT2D eigenvalue weighted by Crippen LogP contribution is -2.42. The molecule has 0 heterocycles. The van der Waals surface area contributed by atoms with Crippen LogP contribution in [0.3, 0.4) is 0 Å². The molecule has 1 fully saturated rings. The summed E-state index contributed by atoms with van der Waals surface area (Å²) >= 11 is 0. The number of hydrogen-bond acceptors (Lipinski definition) is 4. The number of methoxy groups -OCH3 is 1. The van der Waals surface area contributed by atoms with Crippen molar-refractivity contribution in [3.8, 4) is 0 Å². The number of ether oxygens (including phenoxy) is 2. The second-order valence-electron chi connectivity index (χ2n) is 4.84. The van der Waals surface area contributed by atoms with Crippen LogP contribution in [0.25, 0.3) is 0 Å². The minimum Gasteiger partial charge on any atom is -0.468 e. The van der Waals surface area contributed by atoms with Crippen LogP contribution >= 0.6 is 0 Å². The van der Waals surface area contributed by atoms with Crippen molar-refractivity contribution in [1.82, 2.24) is 0 Å². The molecule has 0 bridgehead atoms. The van der Waals surface area contributed by atoms with E-state index < -0.39 is 6.04 Å². The van der Waals surface area contributed by atoms with E-state index in [0.717, 1.165) is 18.4 Å². The Balaban J connectivity index is 1.81. The van der Waals surface area contributed by atoms with E-state index in [0.29, 0.717) is 13.2 Å². The zero-order valence-corrected chi connectivity index (χ0v) is 10.6. The zero-order valence-electron chi connectivity index (χ0n) is 10.6. The van der Waals surface area contributed by atoms with Crippen molar-refractivity contribution < 1.29 is 14.3 Å². The molecule has 1 saturated carbocycles. The molecule has 1 aliphatic carbocycles. The van der Waals surface area contributed by atoms with E-state index in [-0.39, 0.29) is 11.4 Å². The summed E-state index contributed by atoms with van der Waals surface area (Å²) in [5.74, 6) is -0.351. The largest absolute Gasteiger partial charge is 0.468 e. The average Bonchev–Trinajstić information content (AvgIpc) is 3.19. The van der Waals surface area contributed by atoms with Gasteiger partial charge < -0.3 is 15.2 Å². The van der Waals surface area contributed by atoms with Crippen LogP contribution in [0.1, 0.15) is 18.4 Å². The normalized spacial score (nSPS) is 18.1. The molecule has 1 aromatic carbocycles. The molecular weight excluding hydrogens is 230 g/mol. The summed E-state index contributed by atoms with van der Waals surface area (Å²) in [6.45, 7) is 1.06. The van der Waals surface area contributed by atoms with Gasteiger partial charge in [0, 0.05) is 5.41 Å². The molecule has 98 valence electrons. The van der Waals surface area contributed by atoms with Crippen LogP contribution in [0.2, 0.25) is 0 Å². The Morgan fingerprint density at radius 3 is 2.61 bits per heavy atom. The van der Waals surface area contributed by atoms with Gasteiger partial charge in [0.05, 0.1) is 20.3 Å². The molecule has 0 radical (unpaired) electrons. The molecule has 0 spiro atoms. The summed E-state index contributed by atoms with van der Waals surface area (Å²) in [6.07, 6.45) is 1.86. The van der Waals surface area contributed by atoms with Crippen LogP contribution in [0.4, 0.5) is 0 Å². The first-order valence-electron chi connectivity index (χ1n) is 6.13. The first kappa shape index (κ1) is 13.1. The predicted octanol–water partition coefficient (Wildman–Crippen LogP) is 1.48. The highest BCUT2D eigenvalue weighted by atomic mass is 16.5. The zero-order chi connectivity index (χ0) is 13.0. The van der Waals surface area contributed by atoms with Gasteiger partial charge >= 0.3 is 5.97 Å². The summed E-state index contributed by atoms with van der Waals surface area (Å²) in [5, 5.41) is 0. The molecule has 1 atom stereocenters. The van der Waals surface area contributed by atoms with E-state index in [4.69, 9.17) is 10.5 Å². The maximum Gasteiger partial charge on any atom is 0.323 e. The van der Waals surface area contributed by atoms with Gasteiger partial charge in [-0.3, -0.25) is 4.79 Å². The Morgan fingerprint density at radius 2 is 2.06 bits per heavy atom. The minimum absolute atomic E-state index is 0.206. The minimum atomic E-state index is -0.571. The second kappa shape index (κ2) is 5.50. The molecule has 4 nitrogen and oxygen atoms in total. The summed E-state index contributed by atoms with van der Waals surface area (Å²) in [6, 6.07) is 9.38. The number of esters is 1. The number of hydrogen-bond donors (Lipinski definition) is 1. The van der Waals surface area contributed by atoms with Gasteiger partial charge in [0.25, 0.3) is 0 Å². The fourth-order valence-corrected chi connectivity index (χ4v) is 2.03. The van der Waals surface area contributed by atoms with Crippen molar-refractivity contribution in [1.29, 1.82) is 0 Å². The lowest BCUT2D eigenvalue weighted by atomic mass is 9.98. The molecule has 4 heteroatoms. The highest BCUT2D eigenvalue weighted by Gasteiger charge is 2.51. The van der Waals surface area contributed by atoms with E-state index in [1.807, 2.05) is 30.3 Å². The SMILES string of the molecule is COC(=O)C(N)C1(COCc2ccccc2)CC1. The molecular formula is C14H19NO3. The van der Waals surface area contributed by atoms with Crippen molar-refractivity contribution in [3.63, 3.8) is 0 Å². The molecule has 1 aliphatic rings. The van der Waals surface area contributed by atoms with Gasteiger partial charge in [-0.15, -0.1) is 0 Å². The van der Waals surface area contributed by atoms with Crippen LogP contribution in [0.5, 0.6) is 0 Å². The maximum atomic E-state index is 11.4. The van der Waals surface area contributed by atoms with Gasteiger partial charge in [0.1, 0.15) is 6.04 Å². The van der Waals surface area contributed by atoms with E-state index in [9.17, 15) is 4.79 Å². The van der Waals surface area contributed by atoms with Gasteiger partial charge in [-0.25, -0.2) is 0 Å². The summed E-state index contributed by atoms with van der Waals surface area (Å²) in [4.78, 5) is 11.4. The first-order chi connectivity index (χ1) is 8.68. The molecule has 0 aliphatic heterocycles. The number of carbonyl (C=O) groups is 1. The Hall–Kier alpha value is -1.39. The molecule has 0 aromatic heterocycles. The van der Waals surface area contributed by atoms with Gasteiger partial charge in [0.15, 0.2) is 0 Å². The molecule has 2 rings (SSSR count). The fraction of sp³-hybridized carbons (Fsp3) is 0.500. The summed E-state index contributed by atoms with van der Waals surface area (Å²) in [5.41, 5.74) is 6.81. The summed E-state index contributed by atoms with van der Waals surface area (Å²) < 4.78 is 10.4. The highest BCUT2D eigenvalue weighted by molar-refractivity contribution is 5.77. The highest BCUT2D eigenvalue weighted by Crippen LogP contribution is 2.48. The molecule has 2 N–H and O–H groups in total. The van der Waals surface area contributed by atoms with Crippen molar-refractivity contribution >= 4 is 5.97 Å². The third-order valence-electron chi connectivity index (χ3n) is 3.51. The molecule has 0 amide bonds. The smallest absolute Gasteiger partial charge is 0.323 e. The van der Waals surface area contributed by atoms with Crippen molar-refractivity contribution in [2.24, 2.45) is 11.1 Å². The van der Waals surface area contributed by atoms with Gasteiger partial charge in [-0.05, 0) is 18.4 Å². The Labute approximate surface area is 107 Å². The van der Waals surface area contributed by atoms with Crippen molar-refractivity contribution in [2.45, 2.75) is 25.5 Å². The van der Waals surface area contributed by atoms with Crippen LogP contribution in [0.15, 0.2) is 30.3 Å². The number of benzene rings is 1. The van der Waals surface area contributed by atoms with E-state index in [2.05, 4.69) is 4.74 Å². The Kier molecular flexibility index (Phi) is 3.99. The number of carbonyl (C=O) groups excluding carboxylic acids is 1. The van der Waals surface area contributed by atoms with E-state index in [1.54, 1.807) is 0 Å². The van der Waals surface area contributed by atoms with Gasteiger partial charge in [-0.2, -0.15) is 0 Å². The topological polar surface area (TPSA) is 61.5 Å². The van der Waals surface area contributed by atoms with Crippen LogP contribution < -0.4 is 5.73 Å². The lowest BCUT2D eigenvalue weighted by Gasteiger charge is -2.20. The van der Waals surface area contributed by atoms with Crippen LogP contribution in [-0.2, 0) is 20.9 Å². The molecule has 1 unspecified atom stereocenters. The second-order valence-corrected chi connectivity index (χ2v) is 4.84. The van der Waals surface area contributed by atoms with Crippen LogP contribution in [-0.4, -0.2) is 25.7 Å². The van der Waals surface area contributed by atoms with E-state index in [1.165, 1.54) is 7.11 Å². The van der Waals surface area contributed by atoms with Crippen molar-refractivity contribution in [3.05, 3.63) is 35.9 Å². The first-order valence-corrected chi connectivity index (χ1v) is 6.13. The van der Waals surface area contributed by atoms with Gasteiger partial charge in [0.2, 0.25) is 0 Å². The van der Waals surface area contributed by atoms with Gasteiger partial charge in [-0.1, -0.05) is 30.3 Å². The molecule has 1 aromatic rings. The lowest BCUT2D eigenvalue weighted by molar-refractivity contribution is -0.144. The van der Waals surface area contributed by atoms with E-state index >= 15 is 0 Å². The molecule has 0 saturated heterocycles. The number of nitrogens with two attached hydrogens (primary N) is 1. The maximum absolute atomic E-state index is 11.4. The standard InChI is InChI=1S/C14H19NO3/c1-17-13(16)12(15)14(7-8-14)10-18-9-11-5-3-2-4-6-11/h2-6,12H,7-10,15H2,1H3. The Bertz CT molecular complexity index is 401. The van der Waals surface area contributed by atoms with Crippen molar-refractivity contribution in [2.75, 3.05) is 13.7 Å². The third kappa shape index (κ3) is 2.89. The number of rotatable bonds is 6. The third-order valence-corrected chi connectivity index (χ3v) is 3.51. The quantitative estimate of drug-likeness (QED) is 0.776. The van der Waals surface area contributed by atoms with Crippen LogP contribution in [0, 0.1) is 5.41 Å². The molecule has 18 heavy (non-hydrogen) atoms. The average molecular weight is 249 g/mol. The monoisotopic (exact) mass is 249 g/mol. The predicted molar refractivity (Wildman–Crippen MR) is 67.8 cm³/mol. The Morgan fingerprint density at radius 1 is 1.39 bits per heavy atom.